The first-order valence-electron chi connectivity index (χ1n) is 9.45. The number of hydrogen-bond acceptors (Lipinski definition) is 5. The van der Waals surface area contributed by atoms with Crippen LogP contribution in [0.25, 0.3) is 0 Å². The molecule has 3 N–H and O–H groups in total. The van der Waals surface area contributed by atoms with Crippen LogP contribution in [0.15, 0.2) is 6.20 Å². The van der Waals surface area contributed by atoms with Gasteiger partial charge in [-0.3, -0.25) is 10.1 Å². The van der Waals surface area contributed by atoms with Crippen LogP contribution in [0.4, 0.5) is 4.79 Å². The quantitative estimate of drug-likeness (QED) is 0.380. The van der Waals surface area contributed by atoms with Crippen LogP contribution in [0.2, 0.25) is 0 Å². The summed E-state index contributed by atoms with van der Waals surface area (Å²) in [5.74, 6) is 1.38. The lowest BCUT2D eigenvalue weighted by molar-refractivity contribution is -0.118. The fourth-order valence-electron chi connectivity index (χ4n) is 3.12. The number of urea groups is 1. The Morgan fingerprint density at radius 2 is 2.07 bits per heavy atom. The summed E-state index contributed by atoms with van der Waals surface area (Å²) in [7, 11) is -3.39. The molecule has 1 aromatic heterocycles. The largest absolute Gasteiger partial charge is 0.345 e. The third kappa shape index (κ3) is 6.03. The van der Waals surface area contributed by atoms with Gasteiger partial charge in [0.1, 0.15) is 12.4 Å². The topological polar surface area (TPSA) is 124 Å². The highest BCUT2D eigenvalue weighted by molar-refractivity contribution is 7.89. The Labute approximate surface area is 159 Å². The van der Waals surface area contributed by atoms with Crippen molar-refractivity contribution in [1.29, 1.82) is 0 Å². The Bertz CT molecular complexity index is 787. The zero-order chi connectivity index (χ0) is 19.4. The van der Waals surface area contributed by atoms with Gasteiger partial charge in [0, 0.05) is 19.2 Å². The summed E-state index contributed by atoms with van der Waals surface area (Å²) in [5, 5.41) is 2.22. The first-order chi connectivity index (χ1) is 12.8. The molecule has 1 atom stereocenters. The molecule has 3 rings (SSSR count). The van der Waals surface area contributed by atoms with Crippen LogP contribution in [0.1, 0.15) is 56.6 Å². The van der Waals surface area contributed by atoms with Gasteiger partial charge in [0.25, 0.3) is 0 Å². The maximum atomic E-state index is 12.3. The van der Waals surface area contributed by atoms with E-state index in [1.165, 1.54) is 17.7 Å². The van der Waals surface area contributed by atoms with Gasteiger partial charge in [-0.15, -0.1) is 0 Å². The number of unbranched alkanes of at least 4 members (excludes halogenated alkanes) is 2. The van der Waals surface area contributed by atoms with E-state index in [1.807, 2.05) is 0 Å². The zero-order valence-corrected chi connectivity index (χ0v) is 16.3. The van der Waals surface area contributed by atoms with Crippen LogP contribution in [0, 0.1) is 5.92 Å². The van der Waals surface area contributed by atoms with Gasteiger partial charge in [-0.25, -0.2) is 22.9 Å². The minimum atomic E-state index is -3.39. The number of rotatable bonds is 11. The van der Waals surface area contributed by atoms with Gasteiger partial charge in [-0.05, 0) is 38.5 Å². The van der Waals surface area contributed by atoms with E-state index in [-0.39, 0.29) is 30.3 Å². The number of imide groups is 1. The second-order valence-corrected chi connectivity index (χ2v) is 9.30. The van der Waals surface area contributed by atoms with Gasteiger partial charge in [0.15, 0.2) is 0 Å². The predicted octanol–water partition coefficient (Wildman–Crippen LogP) is 1.06. The Kier molecular flexibility index (Phi) is 6.15. The van der Waals surface area contributed by atoms with E-state index >= 15 is 0 Å². The number of amides is 3. The molecule has 150 valence electrons. The highest BCUT2D eigenvalue weighted by Crippen LogP contribution is 2.31. The molecule has 3 amide bonds. The Hall–Kier alpha value is -1.94. The number of imidazole rings is 1. The number of aromatic nitrogens is 2. The molecule has 1 unspecified atom stereocenters. The Morgan fingerprint density at radius 3 is 2.74 bits per heavy atom. The summed E-state index contributed by atoms with van der Waals surface area (Å²) in [6, 6.07) is -0.724. The molecule has 1 aliphatic heterocycles. The normalized spacial score (nSPS) is 18.8. The van der Waals surface area contributed by atoms with Crippen molar-refractivity contribution in [3.63, 3.8) is 0 Å². The number of H-pyrrole nitrogens is 1. The zero-order valence-electron chi connectivity index (χ0n) is 15.5. The van der Waals surface area contributed by atoms with Gasteiger partial charge >= 0.3 is 6.03 Å². The number of aromatic amines is 1. The minimum Gasteiger partial charge on any atom is -0.345 e. The summed E-state index contributed by atoms with van der Waals surface area (Å²) in [6.45, 7) is 2.34. The van der Waals surface area contributed by atoms with Crippen molar-refractivity contribution in [2.45, 2.75) is 51.5 Å². The third-order valence-electron chi connectivity index (χ3n) is 4.86. The van der Waals surface area contributed by atoms with Crippen LogP contribution in [0.3, 0.4) is 0 Å². The van der Waals surface area contributed by atoms with Crippen molar-refractivity contribution in [3.8, 4) is 0 Å². The fraction of sp³-hybridized carbons (Fsp3) is 0.706. The highest BCUT2D eigenvalue weighted by atomic mass is 32.2. The summed E-state index contributed by atoms with van der Waals surface area (Å²) in [4.78, 5) is 31.5. The van der Waals surface area contributed by atoms with Gasteiger partial charge < -0.3 is 9.88 Å². The van der Waals surface area contributed by atoms with Crippen LogP contribution in [-0.4, -0.2) is 54.1 Å². The average molecular weight is 398 g/mol. The molecule has 0 aromatic carbocycles. The minimum absolute atomic E-state index is 0.0333. The first kappa shape index (κ1) is 19.8. The van der Waals surface area contributed by atoms with E-state index in [0.29, 0.717) is 25.8 Å². The van der Waals surface area contributed by atoms with E-state index in [0.717, 1.165) is 23.9 Å². The smallest absolute Gasteiger partial charge is 0.324 e. The van der Waals surface area contributed by atoms with Gasteiger partial charge in [0.2, 0.25) is 15.9 Å². The lowest BCUT2D eigenvalue weighted by atomic mass is 10.2. The summed E-state index contributed by atoms with van der Waals surface area (Å²) < 4.78 is 27.2. The number of hydrogen-bond donors (Lipinski definition) is 3. The maximum Gasteiger partial charge on any atom is 0.324 e. The SMILES string of the molecule is CC(NS(=O)(=O)CCCCCN1CC(=O)NC1=O)c1cnc(CC2CC2)[nH]1. The predicted molar refractivity (Wildman–Crippen MR) is 99.3 cm³/mol. The number of nitrogens with one attached hydrogen (secondary N) is 3. The van der Waals surface area contributed by atoms with Crippen molar-refractivity contribution in [2.75, 3.05) is 18.8 Å². The van der Waals surface area contributed by atoms with Crippen LogP contribution >= 0.6 is 0 Å². The van der Waals surface area contributed by atoms with Crippen molar-refractivity contribution in [2.24, 2.45) is 5.92 Å². The molecule has 0 bridgehead atoms. The summed E-state index contributed by atoms with van der Waals surface area (Å²) in [5.41, 5.74) is 0.777. The van der Waals surface area contributed by atoms with E-state index in [4.69, 9.17) is 0 Å². The summed E-state index contributed by atoms with van der Waals surface area (Å²) in [6.07, 6.45) is 6.96. The second-order valence-electron chi connectivity index (χ2n) is 7.43. The molecule has 1 saturated carbocycles. The van der Waals surface area contributed by atoms with E-state index in [9.17, 15) is 18.0 Å². The molecule has 1 saturated heterocycles. The molecule has 2 aliphatic rings. The number of sulfonamides is 1. The van der Waals surface area contributed by atoms with Crippen LogP contribution in [0.5, 0.6) is 0 Å². The maximum absolute atomic E-state index is 12.3. The van der Waals surface area contributed by atoms with Gasteiger partial charge in [0.05, 0.1) is 17.5 Å². The fourth-order valence-corrected chi connectivity index (χ4v) is 4.49. The lowest BCUT2D eigenvalue weighted by Gasteiger charge is -2.14. The molecule has 1 aromatic rings. The molecular formula is C17H27N5O4S. The molecule has 1 aliphatic carbocycles. The Balaban J connectivity index is 1.35. The molecule has 0 radical (unpaired) electrons. The number of nitrogens with zero attached hydrogens (tertiary/aromatic N) is 2. The second kappa shape index (κ2) is 8.39. The lowest BCUT2D eigenvalue weighted by Crippen LogP contribution is -2.30. The van der Waals surface area contributed by atoms with Crippen LogP contribution in [-0.2, 0) is 21.2 Å². The van der Waals surface area contributed by atoms with Crippen molar-refractivity contribution < 1.29 is 18.0 Å². The standard InChI is InChI=1S/C17H27N5O4S/c1-12(14-10-18-15(19-14)9-13-5-6-13)21-27(25,26)8-4-2-3-7-22-11-16(23)20-17(22)24/h10,12-13,21H,2-9,11H2,1H3,(H,18,19)(H,20,23,24). The molecule has 2 fully saturated rings. The van der Waals surface area contributed by atoms with E-state index in [1.54, 1.807) is 13.1 Å². The highest BCUT2D eigenvalue weighted by Gasteiger charge is 2.26. The first-order valence-corrected chi connectivity index (χ1v) is 11.1. The van der Waals surface area contributed by atoms with Crippen molar-refractivity contribution in [1.82, 2.24) is 24.9 Å². The van der Waals surface area contributed by atoms with E-state index < -0.39 is 10.0 Å². The molecule has 27 heavy (non-hydrogen) atoms. The monoisotopic (exact) mass is 397 g/mol. The van der Waals surface area contributed by atoms with E-state index in [2.05, 4.69) is 20.0 Å². The Morgan fingerprint density at radius 1 is 1.30 bits per heavy atom. The van der Waals surface area contributed by atoms with Gasteiger partial charge in [-0.1, -0.05) is 6.42 Å². The third-order valence-corrected chi connectivity index (χ3v) is 6.40. The van der Waals surface area contributed by atoms with Crippen molar-refractivity contribution >= 4 is 22.0 Å². The average Bonchev–Trinajstić information content (AvgIpc) is 3.16. The molecule has 0 spiro atoms. The molecule has 9 nitrogen and oxygen atoms in total. The molecule has 10 heteroatoms. The molecular weight excluding hydrogens is 370 g/mol. The number of carbonyl (C=O) groups is 2. The summed E-state index contributed by atoms with van der Waals surface area (Å²) >= 11 is 0. The van der Waals surface area contributed by atoms with Gasteiger partial charge in [-0.2, -0.15) is 0 Å². The molecule has 2 heterocycles. The number of carbonyl (C=O) groups excluding carboxylic acids is 2. The van der Waals surface area contributed by atoms with Crippen LogP contribution < -0.4 is 10.0 Å². The van der Waals surface area contributed by atoms with Crippen molar-refractivity contribution in [3.05, 3.63) is 17.7 Å².